The summed E-state index contributed by atoms with van der Waals surface area (Å²) in [6.07, 6.45) is 5.52. The average Bonchev–Trinajstić information content (AvgIpc) is 3.33. The molecule has 0 radical (unpaired) electrons. The minimum absolute atomic E-state index is 0.795. The zero-order valence-electron chi connectivity index (χ0n) is 13.1. The van der Waals surface area contributed by atoms with Crippen LogP contribution in [0.4, 0.5) is 0 Å². The van der Waals surface area contributed by atoms with E-state index in [4.69, 9.17) is 5.73 Å². The van der Waals surface area contributed by atoms with Gasteiger partial charge >= 0.3 is 0 Å². The number of nitrogens with zero attached hydrogens (tertiary/aromatic N) is 2. The molecular weight excluding hydrogens is 258 g/mol. The molecule has 1 aliphatic heterocycles. The molecule has 2 fully saturated rings. The van der Waals surface area contributed by atoms with Crippen LogP contribution in [0.1, 0.15) is 31.2 Å². The van der Waals surface area contributed by atoms with Crippen molar-refractivity contribution in [3.8, 4) is 0 Å². The van der Waals surface area contributed by atoms with Gasteiger partial charge in [0.05, 0.1) is 0 Å². The van der Waals surface area contributed by atoms with Gasteiger partial charge in [0.2, 0.25) is 0 Å². The second-order valence-corrected chi connectivity index (χ2v) is 6.74. The summed E-state index contributed by atoms with van der Waals surface area (Å²) in [4.78, 5) is 5.29. The molecule has 3 rings (SSSR count). The predicted molar refractivity (Wildman–Crippen MR) is 88.1 cm³/mol. The van der Waals surface area contributed by atoms with Crippen molar-refractivity contribution in [1.82, 2.24) is 9.80 Å². The zero-order valence-corrected chi connectivity index (χ0v) is 13.1. The normalized spacial score (nSPS) is 23.6. The van der Waals surface area contributed by atoms with Gasteiger partial charge in [-0.3, -0.25) is 4.90 Å². The molecule has 0 spiro atoms. The highest BCUT2D eigenvalue weighted by atomic mass is 15.2. The summed E-state index contributed by atoms with van der Waals surface area (Å²) in [5, 5.41) is 0. The molecule has 0 bridgehead atoms. The van der Waals surface area contributed by atoms with Gasteiger partial charge in [-0.05, 0) is 43.7 Å². The highest BCUT2D eigenvalue weighted by Crippen LogP contribution is 2.30. The molecule has 1 atom stereocenters. The Kier molecular flexibility index (Phi) is 5.28. The van der Waals surface area contributed by atoms with E-state index in [0.717, 1.165) is 31.6 Å². The molecule has 1 saturated heterocycles. The molecule has 1 aromatic rings. The molecule has 1 heterocycles. The first kappa shape index (κ1) is 15.0. The quantitative estimate of drug-likeness (QED) is 0.835. The summed E-state index contributed by atoms with van der Waals surface area (Å²) >= 11 is 0. The lowest BCUT2D eigenvalue weighted by molar-refractivity contribution is 0.128. The molecule has 1 saturated carbocycles. The second-order valence-electron chi connectivity index (χ2n) is 6.74. The van der Waals surface area contributed by atoms with Gasteiger partial charge in [-0.25, -0.2) is 0 Å². The minimum Gasteiger partial charge on any atom is -0.329 e. The maximum atomic E-state index is 5.71. The number of piperidine rings is 1. The number of hydrogen-bond donors (Lipinski definition) is 1. The monoisotopic (exact) mass is 287 g/mol. The first-order chi connectivity index (χ1) is 10.3. The van der Waals surface area contributed by atoms with E-state index in [1.807, 2.05) is 0 Å². The molecule has 3 nitrogen and oxygen atoms in total. The van der Waals surface area contributed by atoms with E-state index < -0.39 is 0 Å². The van der Waals surface area contributed by atoms with Crippen LogP contribution in [0.15, 0.2) is 30.3 Å². The number of benzene rings is 1. The van der Waals surface area contributed by atoms with Gasteiger partial charge in [0.15, 0.2) is 0 Å². The van der Waals surface area contributed by atoms with E-state index in [0.29, 0.717) is 0 Å². The Bertz CT molecular complexity index is 414. The Hall–Kier alpha value is -0.900. The van der Waals surface area contributed by atoms with E-state index in [1.54, 1.807) is 0 Å². The summed E-state index contributed by atoms with van der Waals surface area (Å²) < 4.78 is 0. The summed E-state index contributed by atoms with van der Waals surface area (Å²) in [5.74, 6) is 0.828. The van der Waals surface area contributed by atoms with E-state index >= 15 is 0 Å². The minimum atomic E-state index is 0.795. The van der Waals surface area contributed by atoms with E-state index in [-0.39, 0.29) is 0 Å². The molecule has 116 valence electrons. The average molecular weight is 287 g/mol. The standard InChI is InChI=1S/C18H29N3/c19-10-12-20-11-4-7-17(13-20)15-21(18-8-9-18)14-16-5-2-1-3-6-16/h1-3,5-6,17-18H,4,7-15,19H2. The van der Waals surface area contributed by atoms with Crippen LogP contribution in [0, 0.1) is 5.92 Å². The molecule has 1 unspecified atom stereocenters. The van der Waals surface area contributed by atoms with Crippen LogP contribution in [0.2, 0.25) is 0 Å². The SMILES string of the molecule is NCCN1CCCC(CN(Cc2ccccc2)C2CC2)C1. The third-order valence-electron chi connectivity index (χ3n) is 4.83. The summed E-state index contributed by atoms with van der Waals surface area (Å²) in [6.45, 7) is 6.74. The maximum absolute atomic E-state index is 5.71. The molecule has 2 aliphatic rings. The Balaban J connectivity index is 1.55. The topological polar surface area (TPSA) is 32.5 Å². The fraction of sp³-hybridized carbons (Fsp3) is 0.667. The van der Waals surface area contributed by atoms with Crippen molar-refractivity contribution in [3.05, 3.63) is 35.9 Å². The first-order valence-electron chi connectivity index (χ1n) is 8.55. The molecule has 3 heteroatoms. The Morgan fingerprint density at radius 3 is 2.67 bits per heavy atom. The largest absolute Gasteiger partial charge is 0.329 e. The van der Waals surface area contributed by atoms with Gasteiger partial charge in [-0.1, -0.05) is 30.3 Å². The lowest BCUT2D eigenvalue weighted by Gasteiger charge is -2.35. The fourth-order valence-corrected chi connectivity index (χ4v) is 3.62. The van der Waals surface area contributed by atoms with Crippen LogP contribution in [-0.4, -0.2) is 48.6 Å². The number of likely N-dealkylation sites (tertiary alicyclic amines) is 1. The number of nitrogens with two attached hydrogens (primary N) is 1. The van der Waals surface area contributed by atoms with Gasteiger partial charge in [0, 0.05) is 38.8 Å². The predicted octanol–water partition coefficient (Wildman–Crippen LogP) is 2.32. The Labute approximate surface area is 129 Å². The first-order valence-corrected chi connectivity index (χ1v) is 8.55. The van der Waals surface area contributed by atoms with Crippen molar-refractivity contribution in [1.29, 1.82) is 0 Å². The number of hydrogen-bond acceptors (Lipinski definition) is 3. The van der Waals surface area contributed by atoms with E-state index in [2.05, 4.69) is 40.1 Å². The molecule has 1 aromatic carbocycles. The van der Waals surface area contributed by atoms with Gasteiger partial charge in [0.1, 0.15) is 0 Å². The van der Waals surface area contributed by atoms with Crippen molar-refractivity contribution < 1.29 is 0 Å². The van der Waals surface area contributed by atoms with Gasteiger partial charge in [-0.2, -0.15) is 0 Å². The molecule has 21 heavy (non-hydrogen) atoms. The highest BCUT2D eigenvalue weighted by Gasteiger charge is 2.31. The van der Waals surface area contributed by atoms with Crippen molar-refractivity contribution in [2.75, 3.05) is 32.7 Å². The third kappa shape index (κ3) is 4.53. The van der Waals surface area contributed by atoms with Crippen LogP contribution in [0.3, 0.4) is 0 Å². The van der Waals surface area contributed by atoms with Crippen molar-refractivity contribution in [3.63, 3.8) is 0 Å². The smallest absolute Gasteiger partial charge is 0.0236 e. The molecule has 1 aliphatic carbocycles. The van der Waals surface area contributed by atoms with Crippen molar-refractivity contribution in [2.45, 2.75) is 38.3 Å². The van der Waals surface area contributed by atoms with Crippen molar-refractivity contribution >= 4 is 0 Å². The Morgan fingerprint density at radius 2 is 1.95 bits per heavy atom. The molecule has 0 amide bonds. The highest BCUT2D eigenvalue weighted by molar-refractivity contribution is 5.15. The van der Waals surface area contributed by atoms with Gasteiger partial charge in [-0.15, -0.1) is 0 Å². The van der Waals surface area contributed by atoms with Crippen LogP contribution in [0.25, 0.3) is 0 Å². The molecular formula is C18H29N3. The summed E-state index contributed by atoms with van der Waals surface area (Å²) in [5.41, 5.74) is 7.17. The van der Waals surface area contributed by atoms with Crippen LogP contribution < -0.4 is 5.73 Å². The molecule has 2 N–H and O–H groups in total. The fourth-order valence-electron chi connectivity index (χ4n) is 3.62. The van der Waals surface area contributed by atoms with Crippen molar-refractivity contribution in [2.24, 2.45) is 11.7 Å². The van der Waals surface area contributed by atoms with Gasteiger partial charge in [0.25, 0.3) is 0 Å². The maximum Gasteiger partial charge on any atom is 0.0236 e. The van der Waals surface area contributed by atoms with E-state index in [1.165, 1.54) is 50.9 Å². The summed E-state index contributed by atoms with van der Waals surface area (Å²) in [6, 6.07) is 11.8. The number of rotatable bonds is 7. The van der Waals surface area contributed by atoms with Crippen LogP contribution in [-0.2, 0) is 6.54 Å². The Morgan fingerprint density at radius 1 is 1.14 bits per heavy atom. The summed E-state index contributed by atoms with van der Waals surface area (Å²) in [7, 11) is 0. The van der Waals surface area contributed by atoms with Crippen LogP contribution in [0.5, 0.6) is 0 Å². The third-order valence-corrected chi connectivity index (χ3v) is 4.83. The van der Waals surface area contributed by atoms with Gasteiger partial charge < -0.3 is 10.6 Å². The van der Waals surface area contributed by atoms with Crippen LogP contribution >= 0.6 is 0 Å². The molecule has 0 aromatic heterocycles. The zero-order chi connectivity index (χ0) is 14.5. The lowest BCUT2D eigenvalue weighted by atomic mass is 9.97. The lowest BCUT2D eigenvalue weighted by Crippen LogP contribution is -2.43. The second kappa shape index (κ2) is 7.39. The van der Waals surface area contributed by atoms with E-state index in [9.17, 15) is 0 Å².